The molecule has 0 aliphatic carbocycles. The number of carboxylic acid groups (broad SMARTS) is 1. The summed E-state index contributed by atoms with van der Waals surface area (Å²) < 4.78 is 1.81. The maximum atomic E-state index is 11.1. The fraction of sp³-hybridized carbons (Fsp3) is 0.333. The van der Waals surface area contributed by atoms with Gasteiger partial charge < -0.3 is 10.0 Å². The summed E-state index contributed by atoms with van der Waals surface area (Å²) in [6, 6.07) is 8.13. The fourth-order valence-corrected chi connectivity index (χ4v) is 3.22. The second-order valence-electron chi connectivity index (χ2n) is 6.44. The van der Waals surface area contributed by atoms with E-state index in [9.17, 15) is 4.79 Å². The molecule has 0 amide bonds. The Morgan fingerprint density at radius 1 is 1.16 bits per heavy atom. The summed E-state index contributed by atoms with van der Waals surface area (Å²) in [5, 5.41) is 13.8. The first-order chi connectivity index (χ1) is 12.1. The molecule has 0 spiro atoms. The van der Waals surface area contributed by atoms with Gasteiger partial charge in [0, 0.05) is 13.1 Å². The van der Waals surface area contributed by atoms with Crippen molar-refractivity contribution in [3.05, 3.63) is 42.4 Å². The molecule has 3 heterocycles. The summed E-state index contributed by atoms with van der Waals surface area (Å²) in [6.45, 7) is 3.38. The predicted octanol–water partition coefficient (Wildman–Crippen LogP) is 2.42. The first-order valence-corrected chi connectivity index (χ1v) is 8.37. The summed E-state index contributed by atoms with van der Waals surface area (Å²) >= 11 is 0. The van der Waals surface area contributed by atoms with E-state index in [1.165, 1.54) is 5.56 Å². The average Bonchev–Trinajstić information content (AvgIpc) is 3.06. The Hall–Kier alpha value is -2.96. The molecular weight excluding hydrogens is 318 g/mol. The van der Waals surface area contributed by atoms with Gasteiger partial charge in [0.05, 0.1) is 17.8 Å². The minimum absolute atomic E-state index is 0.265. The molecule has 0 atom stereocenters. The van der Waals surface area contributed by atoms with E-state index in [0.29, 0.717) is 25.9 Å². The number of hydrogen-bond acceptors (Lipinski definition) is 5. The number of carbonyl (C=O) groups is 1. The standard InChI is InChI=1S/C18H19N5O2/c1-12-2-4-14(5-3-12)23-10-15-16(21-23)17(20-11-19-15)22-8-6-13(7-9-22)18(24)25/h2-5,10-11,13H,6-9H2,1H3,(H,24,25). The summed E-state index contributed by atoms with van der Waals surface area (Å²) in [5.41, 5.74) is 3.70. The molecule has 1 aromatic carbocycles. The van der Waals surface area contributed by atoms with E-state index < -0.39 is 5.97 Å². The molecule has 0 unspecified atom stereocenters. The molecule has 1 saturated heterocycles. The Balaban J connectivity index is 1.66. The van der Waals surface area contributed by atoms with E-state index in [4.69, 9.17) is 5.11 Å². The van der Waals surface area contributed by atoms with Crippen LogP contribution >= 0.6 is 0 Å². The van der Waals surface area contributed by atoms with E-state index in [0.717, 1.165) is 22.5 Å². The fourth-order valence-electron chi connectivity index (χ4n) is 3.22. The first kappa shape index (κ1) is 15.6. The molecule has 7 heteroatoms. The zero-order chi connectivity index (χ0) is 17.4. The molecule has 0 bridgehead atoms. The largest absolute Gasteiger partial charge is 0.481 e. The van der Waals surface area contributed by atoms with E-state index in [1.54, 1.807) is 6.33 Å². The minimum Gasteiger partial charge on any atom is -0.481 e. The number of carboxylic acids is 1. The van der Waals surface area contributed by atoms with E-state index in [1.807, 2.05) is 42.1 Å². The van der Waals surface area contributed by atoms with Crippen molar-refractivity contribution < 1.29 is 9.90 Å². The molecule has 2 aromatic heterocycles. The predicted molar refractivity (Wildman–Crippen MR) is 94.0 cm³/mol. The van der Waals surface area contributed by atoms with E-state index >= 15 is 0 Å². The normalized spacial score (nSPS) is 15.6. The average molecular weight is 337 g/mol. The summed E-state index contributed by atoms with van der Waals surface area (Å²) in [7, 11) is 0. The Labute approximate surface area is 144 Å². The smallest absolute Gasteiger partial charge is 0.306 e. The lowest BCUT2D eigenvalue weighted by molar-refractivity contribution is -0.142. The van der Waals surface area contributed by atoms with Crippen LogP contribution in [0, 0.1) is 12.8 Å². The molecule has 1 N–H and O–H groups in total. The second-order valence-corrected chi connectivity index (χ2v) is 6.44. The summed E-state index contributed by atoms with van der Waals surface area (Å²) in [5.74, 6) is -0.200. The van der Waals surface area contributed by atoms with Crippen LogP contribution < -0.4 is 4.90 Å². The Bertz CT molecular complexity index is 911. The van der Waals surface area contributed by atoms with Gasteiger partial charge in [-0.2, -0.15) is 5.10 Å². The lowest BCUT2D eigenvalue weighted by Crippen LogP contribution is -2.36. The highest BCUT2D eigenvalue weighted by molar-refractivity contribution is 5.85. The molecule has 1 aliphatic heterocycles. The van der Waals surface area contributed by atoms with Gasteiger partial charge in [-0.15, -0.1) is 0 Å². The molecule has 128 valence electrons. The van der Waals surface area contributed by atoms with E-state index in [2.05, 4.69) is 20.0 Å². The molecule has 0 saturated carbocycles. The quantitative estimate of drug-likeness (QED) is 0.790. The monoisotopic (exact) mass is 337 g/mol. The van der Waals surface area contributed by atoms with Gasteiger partial charge in [-0.1, -0.05) is 17.7 Å². The molecule has 4 rings (SSSR count). The van der Waals surface area contributed by atoms with Gasteiger partial charge in [0.2, 0.25) is 0 Å². The van der Waals surface area contributed by atoms with Gasteiger partial charge in [0.15, 0.2) is 11.3 Å². The van der Waals surface area contributed by atoms with Crippen LogP contribution in [0.25, 0.3) is 16.7 Å². The molecule has 3 aromatic rings. The number of aryl methyl sites for hydroxylation is 1. The number of fused-ring (bicyclic) bond motifs is 1. The number of benzene rings is 1. The van der Waals surface area contributed by atoms with Gasteiger partial charge in [0.25, 0.3) is 0 Å². The van der Waals surface area contributed by atoms with Crippen LogP contribution in [-0.2, 0) is 4.79 Å². The number of piperidine rings is 1. The van der Waals surface area contributed by atoms with Crippen LogP contribution in [-0.4, -0.2) is 43.9 Å². The number of anilines is 1. The van der Waals surface area contributed by atoms with Crippen molar-refractivity contribution in [3.63, 3.8) is 0 Å². The van der Waals surface area contributed by atoms with Gasteiger partial charge in [-0.05, 0) is 31.9 Å². The van der Waals surface area contributed by atoms with Crippen LogP contribution in [0.4, 0.5) is 5.82 Å². The lowest BCUT2D eigenvalue weighted by Gasteiger charge is -2.30. The Morgan fingerprint density at radius 3 is 2.56 bits per heavy atom. The van der Waals surface area contributed by atoms with Crippen LogP contribution in [0.1, 0.15) is 18.4 Å². The van der Waals surface area contributed by atoms with Crippen molar-refractivity contribution in [1.82, 2.24) is 19.7 Å². The molecule has 1 fully saturated rings. The highest BCUT2D eigenvalue weighted by Gasteiger charge is 2.26. The third kappa shape index (κ3) is 2.93. The maximum Gasteiger partial charge on any atom is 0.306 e. The SMILES string of the molecule is Cc1ccc(-n2cc3ncnc(N4CCC(C(=O)O)CC4)c3n2)cc1. The van der Waals surface area contributed by atoms with Crippen LogP contribution in [0.5, 0.6) is 0 Å². The zero-order valence-electron chi connectivity index (χ0n) is 14.0. The second kappa shape index (κ2) is 6.16. The topological polar surface area (TPSA) is 84.1 Å². The molecular formula is C18H19N5O2. The molecule has 0 radical (unpaired) electrons. The van der Waals surface area contributed by atoms with Gasteiger partial charge in [0.1, 0.15) is 11.8 Å². The van der Waals surface area contributed by atoms with Crippen molar-refractivity contribution in [2.45, 2.75) is 19.8 Å². The number of aliphatic carboxylic acids is 1. The van der Waals surface area contributed by atoms with Gasteiger partial charge in [-0.3, -0.25) is 4.79 Å². The number of aromatic nitrogens is 4. The van der Waals surface area contributed by atoms with Crippen LogP contribution in [0.2, 0.25) is 0 Å². The lowest BCUT2D eigenvalue weighted by atomic mass is 9.97. The van der Waals surface area contributed by atoms with Crippen molar-refractivity contribution in [2.24, 2.45) is 5.92 Å². The molecule has 25 heavy (non-hydrogen) atoms. The van der Waals surface area contributed by atoms with Crippen molar-refractivity contribution in [2.75, 3.05) is 18.0 Å². The molecule has 7 nitrogen and oxygen atoms in total. The van der Waals surface area contributed by atoms with Crippen molar-refractivity contribution >= 4 is 22.8 Å². The maximum absolute atomic E-state index is 11.1. The highest BCUT2D eigenvalue weighted by atomic mass is 16.4. The number of rotatable bonds is 3. The third-order valence-corrected chi connectivity index (χ3v) is 4.73. The number of nitrogens with zero attached hydrogens (tertiary/aromatic N) is 5. The highest BCUT2D eigenvalue weighted by Crippen LogP contribution is 2.27. The first-order valence-electron chi connectivity index (χ1n) is 8.37. The third-order valence-electron chi connectivity index (χ3n) is 4.73. The van der Waals surface area contributed by atoms with Gasteiger partial charge >= 0.3 is 5.97 Å². The zero-order valence-corrected chi connectivity index (χ0v) is 14.0. The van der Waals surface area contributed by atoms with Crippen LogP contribution in [0.3, 0.4) is 0 Å². The summed E-state index contributed by atoms with van der Waals surface area (Å²) in [6.07, 6.45) is 4.69. The van der Waals surface area contributed by atoms with E-state index in [-0.39, 0.29) is 5.92 Å². The summed E-state index contributed by atoms with van der Waals surface area (Å²) in [4.78, 5) is 22.0. The van der Waals surface area contributed by atoms with Crippen LogP contribution in [0.15, 0.2) is 36.8 Å². The van der Waals surface area contributed by atoms with Gasteiger partial charge in [-0.25, -0.2) is 14.6 Å². The van der Waals surface area contributed by atoms with Crippen molar-refractivity contribution in [3.8, 4) is 5.69 Å². The Morgan fingerprint density at radius 2 is 1.88 bits per heavy atom. The molecule has 1 aliphatic rings. The number of hydrogen-bond donors (Lipinski definition) is 1. The van der Waals surface area contributed by atoms with Crippen molar-refractivity contribution in [1.29, 1.82) is 0 Å². The minimum atomic E-state index is -0.712. The Kier molecular flexibility index (Phi) is 3.83.